The number of nitrogens with zero attached hydrogens (tertiary/aromatic N) is 1. The summed E-state index contributed by atoms with van der Waals surface area (Å²) in [6, 6.07) is 8.46. The first kappa shape index (κ1) is 21.4. The van der Waals surface area contributed by atoms with E-state index in [9.17, 15) is 19.8 Å². The Balaban J connectivity index is 1.47. The standard InChI is InChI=1S/C22H29N3O4S/c1-11-18-17(12(2)26)21(27)25(18)19(22(28)29)20(11)30-15-9-16(24-10-15)14-5-3-13(4-6-14)7-8-23/h3-6,11-12,15-18,24,26H,7-10,23H2,1-2H3,(H,28,29)/t11-,12-,15+,16+,17-,18-/m1/s1. The molecule has 1 aromatic carbocycles. The lowest BCUT2D eigenvalue weighted by molar-refractivity contribution is -0.163. The van der Waals surface area contributed by atoms with Gasteiger partial charge in [0.05, 0.1) is 18.1 Å². The third-order valence-corrected chi connectivity index (χ3v) is 8.02. The van der Waals surface area contributed by atoms with E-state index in [0.717, 1.165) is 24.3 Å². The van der Waals surface area contributed by atoms with Gasteiger partial charge in [0.2, 0.25) is 5.91 Å². The molecule has 7 nitrogen and oxygen atoms in total. The SMILES string of the molecule is C[C@@H](O)[C@H]1C(=O)N2C(C(=O)O)=C(S[C@@H]3CN[C@H](c4ccc(CCN)cc4)C3)[C@H](C)[C@H]12. The molecule has 0 spiro atoms. The van der Waals surface area contributed by atoms with Crippen LogP contribution in [-0.4, -0.2) is 57.5 Å². The summed E-state index contributed by atoms with van der Waals surface area (Å²) in [6.45, 7) is 4.98. The van der Waals surface area contributed by atoms with E-state index in [2.05, 4.69) is 29.6 Å². The Labute approximate surface area is 180 Å². The van der Waals surface area contributed by atoms with Gasteiger partial charge in [-0.25, -0.2) is 4.79 Å². The third kappa shape index (κ3) is 3.56. The highest BCUT2D eigenvalue weighted by atomic mass is 32.2. The predicted octanol–water partition coefficient (Wildman–Crippen LogP) is 1.48. The van der Waals surface area contributed by atoms with Crippen LogP contribution >= 0.6 is 11.8 Å². The zero-order chi connectivity index (χ0) is 21.6. The normalized spacial score (nSPS) is 31.7. The van der Waals surface area contributed by atoms with E-state index >= 15 is 0 Å². The van der Waals surface area contributed by atoms with Crippen molar-refractivity contribution in [2.24, 2.45) is 17.6 Å². The number of thioether (sulfide) groups is 1. The van der Waals surface area contributed by atoms with Crippen molar-refractivity contribution >= 4 is 23.6 Å². The molecule has 3 aliphatic heterocycles. The number of carbonyl (C=O) groups is 2. The van der Waals surface area contributed by atoms with Crippen molar-refractivity contribution in [2.45, 2.75) is 50.1 Å². The first-order chi connectivity index (χ1) is 14.3. The van der Waals surface area contributed by atoms with Gasteiger partial charge in [-0.05, 0) is 37.4 Å². The molecule has 0 radical (unpaired) electrons. The number of benzene rings is 1. The molecular weight excluding hydrogens is 402 g/mol. The summed E-state index contributed by atoms with van der Waals surface area (Å²) in [5.41, 5.74) is 8.17. The fraction of sp³-hybridized carbons (Fsp3) is 0.545. The molecule has 2 saturated heterocycles. The van der Waals surface area contributed by atoms with Gasteiger partial charge in [0.25, 0.3) is 0 Å². The lowest BCUT2D eigenvalue weighted by Crippen LogP contribution is -2.63. The van der Waals surface area contributed by atoms with Crippen molar-refractivity contribution in [3.05, 3.63) is 46.0 Å². The highest BCUT2D eigenvalue weighted by Crippen LogP contribution is 2.52. The maximum Gasteiger partial charge on any atom is 0.353 e. The quantitative estimate of drug-likeness (QED) is 0.483. The van der Waals surface area contributed by atoms with Gasteiger partial charge in [-0.1, -0.05) is 31.2 Å². The van der Waals surface area contributed by atoms with Crippen molar-refractivity contribution in [3.63, 3.8) is 0 Å². The molecule has 8 heteroatoms. The van der Waals surface area contributed by atoms with E-state index in [4.69, 9.17) is 5.73 Å². The van der Waals surface area contributed by atoms with Crippen LogP contribution in [0.15, 0.2) is 34.9 Å². The van der Waals surface area contributed by atoms with Gasteiger partial charge in [0.15, 0.2) is 0 Å². The van der Waals surface area contributed by atoms with E-state index in [1.54, 1.807) is 18.7 Å². The Morgan fingerprint density at radius 3 is 2.67 bits per heavy atom. The molecule has 5 N–H and O–H groups in total. The zero-order valence-electron chi connectivity index (χ0n) is 17.2. The molecule has 30 heavy (non-hydrogen) atoms. The fourth-order valence-corrected chi connectivity index (χ4v) is 6.47. The number of nitrogens with two attached hydrogens (primary N) is 1. The third-order valence-electron chi connectivity index (χ3n) is 6.51. The van der Waals surface area contributed by atoms with Crippen molar-refractivity contribution in [1.29, 1.82) is 0 Å². The van der Waals surface area contributed by atoms with Crippen LogP contribution in [0, 0.1) is 11.8 Å². The summed E-state index contributed by atoms with van der Waals surface area (Å²) >= 11 is 1.58. The van der Waals surface area contributed by atoms with Crippen molar-refractivity contribution in [1.82, 2.24) is 10.2 Å². The Hall–Kier alpha value is -1.87. The second-order valence-corrected chi connectivity index (χ2v) is 9.83. The maximum atomic E-state index is 12.5. The molecule has 3 heterocycles. The fourth-order valence-electron chi connectivity index (χ4n) is 4.99. The van der Waals surface area contributed by atoms with Crippen LogP contribution in [0.25, 0.3) is 0 Å². The number of aliphatic hydroxyl groups is 1. The lowest BCUT2D eigenvalue weighted by Gasteiger charge is -2.46. The molecule has 4 rings (SSSR count). The molecule has 162 valence electrons. The molecule has 2 fully saturated rings. The number of hydrogen-bond donors (Lipinski definition) is 4. The van der Waals surface area contributed by atoms with E-state index < -0.39 is 18.0 Å². The van der Waals surface area contributed by atoms with E-state index in [1.807, 2.05) is 6.92 Å². The van der Waals surface area contributed by atoms with E-state index in [0.29, 0.717) is 6.54 Å². The maximum absolute atomic E-state index is 12.5. The molecule has 0 saturated carbocycles. The lowest BCUT2D eigenvalue weighted by atomic mass is 9.79. The molecule has 6 atom stereocenters. The number of fused-ring (bicyclic) bond motifs is 1. The van der Waals surface area contributed by atoms with E-state index in [-0.39, 0.29) is 34.9 Å². The molecular formula is C22H29N3O4S. The van der Waals surface area contributed by atoms with Gasteiger partial charge in [0.1, 0.15) is 5.70 Å². The van der Waals surface area contributed by atoms with E-state index in [1.165, 1.54) is 16.0 Å². The van der Waals surface area contributed by atoms with Crippen LogP contribution in [-0.2, 0) is 16.0 Å². The molecule has 1 aromatic rings. The van der Waals surface area contributed by atoms with Crippen LogP contribution in [0.2, 0.25) is 0 Å². The average molecular weight is 432 g/mol. The number of β-lactam (4-membered cyclic amide) rings is 1. The van der Waals surface area contributed by atoms with Crippen LogP contribution < -0.4 is 11.1 Å². The molecule has 1 amide bonds. The Kier molecular flexibility index (Phi) is 5.94. The zero-order valence-corrected chi connectivity index (χ0v) is 18.1. The largest absolute Gasteiger partial charge is 0.477 e. The highest BCUT2D eigenvalue weighted by Gasteiger charge is 2.60. The molecule has 0 unspecified atom stereocenters. The van der Waals surface area contributed by atoms with Gasteiger partial charge in [-0.2, -0.15) is 0 Å². The minimum absolute atomic E-state index is 0.0898. The Bertz CT molecular complexity index is 870. The van der Waals surface area contributed by atoms with Gasteiger partial charge in [0, 0.05) is 28.7 Å². The van der Waals surface area contributed by atoms with Crippen molar-refractivity contribution in [2.75, 3.05) is 13.1 Å². The molecule has 0 aliphatic carbocycles. The number of carboxylic acids is 1. The Morgan fingerprint density at radius 2 is 2.07 bits per heavy atom. The topological polar surface area (TPSA) is 116 Å². The van der Waals surface area contributed by atoms with Gasteiger partial charge < -0.3 is 26.2 Å². The summed E-state index contributed by atoms with van der Waals surface area (Å²) < 4.78 is 0. The summed E-state index contributed by atoms with van der Waals surface area (Å²) in [5.74, 6) is -1.96. The number of nitrogens with one attached hydrogen (secondary N) is 1. The van der Waals surface area contributed by atoms with Gasteiger partial charge >= 0.3 is 5.97 Å². The second-order valence-electron chi connectivity index (χ2n) is 8.49. The molecule has 0 bridgehead atoms. The number of hydrogen-bond acceptors (Lipinski definition) is 6. The first-order valence-electron chi connectivity index (χ1n) is 10.5. The van der Waals surface area contributed by atoms with Crippen LogP contribution in [0.5, 0.6) is 0 Å². The first-order valence-corrected chi connectivity index (χ1v) is 11.4. The van der Waals surface area contributed by atoms with Gasteiger partial charge in [-0.15, -0.1) is 11.8 Å². The summed E-state index contributed by atoms with van der Waals surface area (Å²) in [7, 11) is 0. The monoisotopic (exact) mass is 431 g/mol. The number of aliphatic hydroxyl groups excluding tert-OH is 1. The highest BCUT2D eigenvalue weighted by molar-refractivity contribution is 8.03. The van der Waals surface area contributed by atoms with Crippen LogP contribution in [0.4, 0.5) is 0 Å². The Morgan fingerprint density at radius 1 is 1.37 bits per heavy atom. The summed E-state index contributed by atoms with van der Waals surface area (Å²) in [4.78, 5) is 26.6. The number of aliphatic carboxylic acids is 1. The average Bonchev–Trinajstić information content (AvgIpc) is 3.25. The number of rotatable bonds is 7. The molecule has 0 aromatic heterocycles. The number of amides is 1. The summed E-state index contributed by atoms with van der Waals surface area (Å²) in [6.07, 6.45) is 0.980. The van der Waals surface area contributed by atoms with Crippen LogP contribution in [0.3, 0.4) is 0 Å². The van der Waals surface area contributed by atoms with Crippen LogP contribution in [0.1, 0.15) is 37.4 Å². The number of carbonyl (C=O) groups excluding carboxylic acids is 1. The minimum atomic E-state index is -1.07. The number of carboxylic acid groups (broad SMARTS) is 1. The van der Waals surface area contributed by atoms with Crippen molar-refractivity contribution < 1.29 is 19.8 Å². The predicted molar refractivity (Wildman–Crippen MR) is 116 cm³/mol. The van der Waals surface area contributed by atoms with Crippen molar-refractivity contribution in [3.8, 4) is 0 Å². The smallest absolute Gasteiger partial charge is 0.353 e. The summed E-state index contributed by atoms with van der Waals surface area (Å²) in [5, 5.41) is 23.5. The second kappa shape index (κ2) is 8.34. The molecule has 3 aliphatic rings. The minimum Gasteiger partial charge on any atom is -0.477 e. The van der Waals surface area contributed by atoms with Gasteiger partial charge in [-0.3, -0.25) is 4.79 Å².